The Labute approximate surface area is 88.9 Å². The molecule has 0 amide bonds. The van der Waals surface area contributed by atoms with Crippen LogP contribution in [-0.2, 0) is 0 Å². The average Bonchev–Trinajstić information content (AvgIpc) is 2.18. The molecule has 15 heavy (non-hydrogen) atoms. The largest absolute Gasteiger partial charge is 0.376 e. The molecule has 0 aliphatic heterocycles. The topological polar surface area (TPSA) is 15.3 Å². The Morgan fingerprint density at radius 3 is 2.33 bits per heavy atom. The van der Waals surface area contributed by atoms with Crippen LogP contribution in [-0.4, -0.2) is 26.6 Å². The Hall–Kier alpha value is -1.32. The van der Waals surface area contributed by atoms with Crippen molar-refractivity contribution >= 4 is 11.4 Å². The summed E-state index contributed by atoms with van der Waals surface area (Å²) in [5.41, 5.74) is 1.64. The van der Waals surface area contributed by atoms with Crippen LogP contribution in [0.3, 0.4) is 0 Å². The highest BCUT2D eigenvalue weighted by Crippen LogP contribution is 2.24. The van der Waals surface area contributed by atoms with Gasteiger partial charge in [0.2, 0.25) is 0 Å². The van der Waals surface area contributed by atoms with Gasteiger partial charge in [0, 0.05) is 14.1 Å². The van der Waals surface area contributed by atoms with Gasteiger partial charge in [-0.3, -0.25) is 0 Å². The zero-order valence-corrected chi connectivity index (χ0v) is 9.17. The molecule has 0 saturated carbocycles. The van der Waals surface area contributed by atoms with Crippen molar-refractivity contribution in [2.75, 3.05) is 24.3 Å². The maximum Gasteiger partial charge on any atom is 0.258 e. The van der Waals surface area contributed by atoms with Crippen LogP contribution in [0.1, 0.15) is 6.92 Å². The highest BCUT2D eigenvalue weighted by Gasteiger charge is 2.15. The number of halogens is 2. The summed E-state index contributed by atoms with van der Waals surface area (Å²) < 4.78 is 24.7. The third-order valence-electron chi connectivity index (χ3n) is 2.15. The zero-order valence-electron chi connectivity index (χ0n) is 9.17. The molecule has 1 atom stereocenters. The van der Waals surface area contributed by atoms with Gasteiger partial charge in [0.25, 0.3) is 6.43 Å². The predicted octanol–water partition coefficient (Wildman–Crippen LogP) is 2.82. The first-order chi connectivity index (χ1) is 7.02. The first-order valence-corrected chi connectivity index (χ1v) is 4.83. The number of para-hydroxylation sites is 2. The average molecular weight is 214 g/mol. The Balaban J connectivity index is 2.84. The van der Waals surface area contributed by atoms with E-state index in [1.165, 1.54) is 6.92 Å². The maximum atomic E-state index is 12.4. The summed E-state index contributed by atoms with van der Waals surface area (Å²) in [4.78, 5) is 1.89. The van der Waals surface area contributed by atoms with Gasteiger partial charge in [-0.15, -0.1) is 0 Å². The van der Waals surface area contributed by atoms with Gasteiger partial charge in [0.1, 0.15) is 0 Å². The van der Waals surface area contributed by atoms with E-state index in [2.05, 4.69) is 5.32 Å². The number of rotatable bonds is 4. The third kappa shape index (κ3) is 3.08. The van der Waals surface area contributed by atoms with E-state index < -0.39 is 12.5 Å². The molecule has 0 saturated heterocycles. The highest BCUT2D eigenvalue weighted by atomic mass is 19.3. The van der Waals surface area contributed by atoms with Gasteiger partial charge in [-0.2, -0.15) is 0 Å². The molecule has 1 aromatic rings. The third-order valence-corrected chi connectivity index (χ3v) is 2.15. The smallest absolute Gasteiger partial charge is 0.258 e. The van der Waals surface area contributed by atoms with E-state index >= 15 is 0 Å². The number of benzene rings is 1. The van der Waals surface area contributed by atoms with E-state index in [1.54, 1.807) is 6.07 Å². The molecule has 0 fully saturated rings. The monoisotopic (exact) mass is 214 g/mol. The second-order valence-corrected chi connectivity index (χ2v) is 3.68. The van der Waals surface area contributed by atoms with Crippen molar-refractivity contribution in [3.8, 4) is 0 Å². The molecular formula is C11H16F2N2. The van der Waals surface area contributed by atoms with Gasteiger partial charge < -0.3 is 10.2 Å². The normalized spacial score (nSPS) is 12.7. The van der Waals surface area contributed by atoms with Gasteiger partial charge in [-0.1, -0.05) is 12.1 Å². The van der Waals surface area contributed by atoms with Crippen LogP contribution in [0.5, 0.6) is 0 Å². The molecule has 1 rings (SSSR count). The summed E-state index contributed by atoms with van der Waals surface area (Å²) in [5.74, 6) is 0. The van der Waals surface area contributed by atoms with Crippen LogP contribution in [0.2, 0.25) is 0 Å². The summed E-state index contributed by atoms with van der Waals surface area (Å²) in [6.07, 6.45) is -2.36. The summed E-state index contributed by atoms with van der Waals surface area (Å²) in [6.45, 7) is 1.47. The second-order valence-electron chi connectivity index (χ2n) is 3.68. The zero-order chi connectivity index (χ0) is 11.4. The molecule has 84 valence electrons. The van der Waals surface area contributed by atoms with Crippen molar-refractivity contribution < 1.29 is 8.78 Å². The lowest BCUT2D eigenvalue weighted by Crippen LogP contribution is -2.25. The molecule has 0 heterocycles. The summed E-state index contributed by atoms with van der Waals surface area (Å²) in [5, 5.41) is 2.80. The lowest BCUT2D eigenvalue weighted by atomic mass is 10.2. The molecule has 0 aliphatic carbocycles. The number of anilines is 2. The van der Waals surface area contributed by atoms with Crippen LogP contribution in [0.15, 0.2) is 24.3 Å². The minimum absolute atomic E-state index is 0.732. The molecule has 1 N–H and O–H groups in total. The van der Waals surface area contributed by atoms with Crippen molar-refractivity contribution in [3.05, 3.63) is 24.3 Å². The number of alkyl halides is 2. The Morgan fingerprint density at radius 2 is 1.80 bits per heavy atom. The van der Waals surface area contributed by atoms with E-state index in [0.29, 0.717) is 0 Å². The standard InChI is InChI=1S/C11H16F2N2/c1-8(11(12)13)14-9-6-4-5-7-10(9)15(2)3/h4-8,11,14H,1-3H3. The fourth-order valence-corrected chi connectivity index (χ4v) is 1.29. The molecule has 2 nitrogen and oxygen atoms in total. The SMILES string of the molecule is CC(Nc1ccccc1N(C)C)C(F)F. The second kappa shape index (κ2) is 4.96. The van der Waals surface area contributed by atoms with Crippen molar-refractivity contribution in [2.45, 2.75) is 19.4 Å². The lowest BCUT2D eigenvalue weighted by Gasteiger charge is -2.21. The number of nitrogens with one attached hydrogen (secondary N) is 1. The number of nitrogens with zero attached hydrogens (tertiary/aromatic N) is 1. The molecular weight excluding hydrogens is 198 g/mol. The van der Waals surface area contributed by atoms with Crippen molar-refractivity contribution in [2.24, 2.45) is 0 Å². The fourth-order valence-electron chi connectivity index (χ4n) is 1.29. The minimum Gasteiger partial charge on any atom is -0.376 e. The van der Waals surface area contributed by atoms with Gasteiger partial charge in [0.15, 0.2) is 0 Å². The van der Waals surface area contributed by atoms with Gasteiger partial charge in [-0.25, -0.2) is 8.78 Å². The van der Waals surface area contributed by atoms with Crippen molar-refractivity contribution in [3.63, 3.8) is 0 Å². The van der Waals surface area contributed by atoms with Crippen LogP contribution >= 0.6 is 0 Å². The van der Waals surface area contributed by atoms with Crippen LogP contribution in [0.4, 0.5) is 20.2 Å². The molecule has 0 radical (unpaired) electrons. The quantitative estimate of drug-likeness (QED) is 0.829. The Kier molecular flexibility index (Phi) is 3.88. The van der Waals surface area contributed by atoms with Gasteiger partial charge >= 0.3 is 0 Å². The maximum absolute atomic E-state index is 12.4. The first kappa shape index (κ1) is 11.8. The fraction of sp³-hybridized carbons (Fsp3) is 0.455. The van der Waals surface area contributed by atoms with Crippen LogP contribution in [0, 0.1) is 0 Å². The number of hydrogen-bond acceptors (Lipinski definition) is 2. The molecule has 1 aromatic carbocycles. The minimum atomic E-state index is -2.36. The molecule has 4 heteroatoms. The van der Waals surface area contributed by atoms with Crippen LogP contribution < -0.4 is 10.2 Å². The van der Waals surface area contributed by atoms with Gasteiger partial charge in [0.05, 0.1) is 17.4 Å². The van der Waals surface area contributed by atoms with Crippen LogP contribution in [0.25, 0.3) is 0 Å². The van der Waals surface area contributed by atoms with E-state index in [1.807, 2.05) is 37.2 Å². The van der Waals surface area contributed by atoms with E-state index in [0.717, 1.165) is 11.4 Å². The summed E-state index contributed by atoms with van der Waals surface area (Å²) >= 11 is 0. The molecule has 0 aliphatic rings. The molecule has 0 bridgehead atoms. The number of hydrogen-bond donors (Lipinski definition) is 1. The molecule has 0 spiro atoms. The Morgan fingerprint density at radius 1 is 1.20 bits per heavy atom. The van der Waals surface area contributed by atoms with Crippen molar-refractivity contribution in [1.29, 1.82) is 0 Å². The summed E-state index contributed by atoms with van der Waals surface area (Å²) in [7, 11) is 3.76. The summed E-state index contributed by atoms with van der Waals surface area (Å²) in [6, 6.07) is 6.56. The predicted molar refractivity (Wildman–Crippen MR) is 59.9 cm³/mol. The van der Waals surface area contributed by atoms with E-state index in [-0.39, 0.29) is 0 Å². The highest BCUT2D eigenvalue weighted by molar-refractivity contribution is 5.69. The van der Waals surface area contributed by atoms with Crippen molar-refractivity contribution in [1.82, 2.24) is 0 Å². The lowest BCUT2D eigenvalue weighted by molar-refractivity contribution is 0.131. The molecule has 1 unspecified atom stereocenters. The first-order valence-electron chi connectivity index (χ1n) is 4.83. The van der Waals surface area contributed by atoms with E-state index in [9.17, 15) is 8.78 Å². The van der Waals surface area contributed by atoms with Gasteiger partial charge in [-0.05, 0) is 19.1 Å². The molecule has 0 aromatic heterocycles. The van der Waals surface area contributed by atoms with E-state index in [4.69, 9.17) is 0 Å². The Bertz CT molecular complexity index is 313.